The Morgan fingerprint density at radius 3 is 1.46 bits per heavy atom. The van der Waals surface area contributed by atoms with Crippen molar-refractivity contribution in [1.82, 2.24) is 0 Å². The van der Waals surface area contributed by atoms with E-state index in [0.717, 1.165) is 23.7 Å². The summed E-state index contributed by atoms with van der Waals surface area (Å²) in [7, 11) is 0. The number of rotatable bonds is 12. The van der Waals surface area contributed by atoms with Gasteiger partial charge in [0.15, 0.2) is 0 Å². The summed E-state index contributed by atoms with van der Waals surface area (Å²) in [5, 5.41) is 0. The highest BCUT2D eigenvalue weighted by Crippen LogP contribution is 2.53. The molecule has 0 aromatic rings. The molecule has 0 aromatic heterocycles. The van der Waals surface area contributed by atoms with Crippen LogP contribution in [-0.4, -0.2) is 0 Å². The Morgan fingerprint density at radius 2 is 1.04 bits per heavy atom. The van der Waals surface area contributed by atoms with Crippen molar-refractivity contribution in [2.45, 2.75) is 142 Å². The Labute approximate surface area is 178 Å². The third-order valence-electron chi connectivity index (χ3n) is 9.31. The van der Waals surface area contributed by atoms with Crippen molar-refractivity contribution < 1.29 is 0 Å². The zero-order chi connectivity index (χ0) is 19.6. The molecule has 4 aliphatic rings. The van der Waals surface area contributed by atoms with Crippen LogP contribution in [0, 0.1) is 35.5 Å². The summed E-state index contributed by atoms with van der Waals surface area (Å²) in [4.78, 5) is 0. The van der Waals surface area contributed by atoms with Crippen LogP contribution in [0.3, 0.4) is 0 Å². The molecule has 164 valence electrons. The predicted octanol–water partition coefficient (Wildman–Crippen LogP) is 9.57. The van der Waals surface area contributed by atoms with Crippen LogP contribution >= 0.6 is 0 Å². The summed E-state index contributed by atoms with van der Waals surface area (Å²) in [6, 6.07) is 0. The van der Waals surface area contributed by atoms with Gasteiger partial charge in [0.2, 0.25) is 0 Å². The lowest BCUT2D eigenvalue weighted by atomic mass is 9.78. The SMILES string of the molecule is C1CC2CCC1C2.CCCCCCCCCCCCCC1C2CCC(C2)C1C. The highest BCUT2D eigenvalue weighted by molar-refractivity contribution is 4.94. The molecular formula is C28H52. The van der Waals surface area contributed by atoms with Crippen LogP contribution in [-0.2, 0) is 0 Å². The molecule has 0 heterocycles. The summed E-state index contributed by atoms with van der Waals surface area (Å²) < 4.78 is 0. The number of unbranched alkanes of at least 4 members (excludes halogenated alkanes) is 10. The van der Waals surface area contributed by atoms with Crippen LogP contribution < -0.4 is 0 Å². The minimum atomic E-state index is 1.06. The Morgan fingerprint density at radius 1 is 0.536 bits per heavy atom. The van der Waals surface area contributed by atoms with Crippen LogP contribution in [0.15, 0.2) is 0 Å². The van der Waals surface area contributed by atoms with Gasteiger partial charge < -0.3 is 0 Å². The molecule has 0 aliphatic heterocycles. The van der Waals surface area contributed by atoms with E-state index in [1.165, 1.54) is 82.5 Å². The molecule has 0 radical (unpaired) electrons. The first kappa shape index (κ1) is 22.7. The van der Waals surface area contributed by atoms with Crippen molar-refractivity contribution in [3.63, 3.8) is 0 Å². The van der Waals surface area contributed by atoms with Gasteiger partial charge >= 0.3 is 0 Å². The van der Waals surface area contributed by atoms with Gasteiger partial charge in [-0.15, -0.1) is 0 Å². The maximum atomic E-state index is 2.55. The minimum absolute atomic E-state index is 1.06. The van der Waals surface area contributed by atoms with Crippen LogP contribution in [0.25, 0.3) is 0 Å². The van der Waals surface area contributed by atoms with E-state index < -0.39 is 0 Å². The third-order valence-corrected chi connectivity index (χ3v) is 9.31. The van der Waals surface area contributed by atoms with Gasteiger partial charge in [0, 0.05) is 0 Å². The average molecular weight is 389 g/mol. The molecule has 4 unspecified atom stereocenters. The van der Waals surface area contributed by atoms with E-state index in [2.05, 4.69) is 13.8 Å². The molecule has 28 heavy (non-hydrogen) atoms. The van der Waals surface area contributed by atoms with Gasteiger partial charge in [-0.25, -0.2) is 0 Å². The first-order valence-corrected chi connectivity index (χ1v) is 13.8. The molecule has 4 rings (SSSR count). The molecule has 0 heteroatoms. The zero-order valence-electron chi connectivity index (χ0n) is 19.6. The number of fused-ring (bicyclic) bond motifs is 4. The van der Waals surface area contributed by atoms with Crippen LogP contribution in [0.5, 0.6) is 0 Å². The third kappa shape index (κ3) is 7.05. The topological polar surface area (TPSA) is 0 Å². The van der Waals surface area contributed by atoms with E-state index in [4.69, 9.17) is 0 Å². The summed E-state index contributed by atoms with van der Waals surface area (Å²) in [6.07, 6.45) is 30.4. The standard InChI is InChI=1S/C21H40.C7H12/c1-3-4-5-6-7-8-9-10-11-12-13-14-21-18(2)19-15-16-20(21)17-19;1-2-7-4-3-6(1)5-7/h18-21H,3-17H2,1-2H3;6-7H,1-5H2. The van der Waals surface area contributed by atoms with Crippen molar-refractivity contribution in [3.05, 3.63) is 0 Å². The Bertz CT molecular complexity index is 379. The zero-order valence-corrected chi connectivity index (χ0v) is 19.6. The molecule has 4 bridgehead atoms. The van der Waals surface area contributed by atoms with Crippen molar-refractivity contribution in [1.29, 1.82) is 0 Å². The highest BCUT2D eigenvalue weighted by atomic mass is 14.5. The molecule has 4 saturated carbocycles. The van der Waals surface area contributed by atoms with Gasteiger partial charge in [-0.1, -0.05) is 110 Å². The first-order chi connectivity index (χ1) is 13.8. The lowest BCUT2D eigenvalue weighted by molar-refractivity contribution is 0.220. The lowest BCUT2D eigenvalue weighted by Crippen LogP contribution is -2.19. The summed E-state index contributed by atoms with van der Waals surface area (Å²) in [6.45, 7) is 4.85. The average Bonchev–Trinajstić information content (AvgIpc) is 3.50. The normalized spacial score (nSPS) is 35.4. The molecule has 0 spiro atoms. The predicted molar refractivity (Wildman–Crippen MR) is 125 cm³/mol. The smallest absolute Gasteiger partial charge is 0.0357 e. The summed E-state index contributed by atoms with van der Waals surface area (Å²) in [5.41, 5.74) is 0. The molecule has 0 aromatic carbocycles. The molecule has 4 fully saturated rings. The van der Waals surface area contributed by atoms with E-state index in [-0.39, 0.29) is 0 Å². The monoisotopic (exact) mass is 388 g/mol. The van der Waals surface area contributed by atoms with Gasteiger partial charge in [0.1, 0.15) is 0 Å². The van der Waals surface area contributed by atoms with E-state index in [0.29, 0.717) is 0 Å². The Hall–Kier alpha value is 0. The fraction of sp³-hybridized carbons (Fsp3) is 1.00. The van der Waals surface area contributed by atoms with Crippen LogP contribution in [0.4, 0.5) is 0 Å². The van der Waals surface area contributed by atoms with Gasteiger partial charge in [0.05, 0.1) is 0 Å². The quantitative estimate of drug-likeness (QED) is 0.292. The molecule has 0 amide bonds. The second kappa shape index (κ2) is 12.6. The highest BCUT2D eigenvalue weighted by Gasteiger charge is 2.44. The van der Waals surface area contributed by atoms with Crippen LogP contribution in [0.1, 0.15) is 142 Å². The van der Waals surface area contributed by atoms with Crippen molar-refractivity contribution in [2.24, 2.45) is 35.5 Å². The molecule has 0 saturated heterocycles. The molecule has 0 nitrogen and oxygen atoms in total. The lowest BCUT2D eigenvalue weighted by Gasteiger charge is -2.28. The van der Waals surface area contributed by atoms with Gasteiger partial charge in [-0.05, 0) is 67.6 Å². The molecule has 4 atom stereocenters. The number of hydrogen-bond acceptors (Lipinski definition) is 0. The molecular weight excluding hydrogens is 336 g/mol. The van der Waals surface area contributed by atoms with Crippen LogP contribution in [0.2, 0.25) is 0 Å². The van der Waals surface area contributed by atoms with Gasteiger partial charge in [-0.2, -0.15) is 0 Å². The van der Waals surface area contributed by atoms with Crippen molar-refractivity contribution >= 4 is 0 Å². The van der Waals surface area contributed by atoms with Gasteiger partial charge in [-0.3, -0.25) is 0 Å². The maximum Gasteiger partial charge on any atom is -0.0357 e. The van der Waals surface area contributed by atoms with E-state index in [1.807, 2.05) is 0 Å². The summed E-state index contributed by atoms with van der Waals surface area (Å²) >= 11 is 0. The van der Waals surface area contributed by atoms with E-state index >= 15 is 0 Å². The fourth-order valence-electron chi connectivity index (χ4n) is 7.42. The van der Waals surface area contributed by atoms with Crippen molar-refractivity contribution in [2.75, 3.05) is 0 Å². The van der Waals surface area contributed by atoms with E-state index in [9.17, 15) is 0 Å². The number of hydrogen-bond donors (Lipinski definition) is 0. The molecule has 4 aliphatic carbocycles. The first-order valence-electron chi connectivity index (χ1n) is 13.8. The van der Waals surface area contributed by atoms with E-state index in [1.54, 1.807) is 57.8 Å². The van der Waals surface area contributed by atoms with Gasteiger partial charge in [0.25, 0.3) is 0 Å². The fourth-order valence-corrected chi connectivity index (χ4v) is 7.42. The maximum absolute atomic E-state index is 2.55. The van der Waals surface area contributed by atoms with Crippen molar-refractivity contribution in [3.8, 4) is 0 Å². The Kier molecular flexibility index (Phi) is 10.2. The second-order valence-corrected chi connectivity index (χ2v) is 11.3. The second-order valence-electron chi connectivity index (χ2n) is 11.3. The largest absolute Gasteiger partial charge is 0.0654 e. The summed E-state index contributed by atoms with van der Waals surface area (Å²) in [5.74, 6) is 6.77. The Balaban J connectivity index is 0.000000264. The molecule has 0 N–H and O–H groups in total. The minimum Gasteiger partial charge on any atom is -0.0654 e.